The zero-order valence-corrected chi connectivity index (χ0v) is 15.3. The summed E-state index contributed by atoms with van der Waals surface area (Å²) in [6.07, 6.45) is 0.786. The molecule has 1 aliphatic rings. The molecule has 138 valence electrons. The number of amides is 2. The van der Waals surface area contributed by atoms with E-state index in [4.69, 9.17) is 4.74 Å². The predicted molar refractivity (Wildman–Crippen MR) is 92.5 cm³/mol. The Morgan fingerprint density at radius 1 is 1.24 bits per heavy atom. The molecule has 0 aromatic heterocycles. The van der Waals surface area contributed by atoms with Crippen molar-refractivity contribution in [1.82, 2.24) is 5.32 Å². The molecule has 1 N–H and O–H groups in total. The van der Waals surface area contributed by atoms with Crippen molar-refractivity contribution in [1.29, 1.82) is 0 Å². The van der Waals surface area contributed by atoms with Crippen molar-refractivity contribution in [3.8, 4) is 0 Å². The summed E-state index contributed by atoms with van der Waals surface area (Å²) in [6.45, 7) is 6.57. The second-order valence-corrected chi connectivity index (χ2v) is 7.80. The summed E-state index contributed by atoms with van der Waals surface area (Å²) in [5.74, 6) is 0. The van der Waals surface area contributed by atoms with Gasteiger partial charge in [0, 0.05) is 5.56 Å². The molecule has 1 aromatic rings. The van der Waals surface area contributed by atoms with Crippen molar-refractivity contribution in [2.75, 3.05) is 13.1 Å². The van der Waals surface area contributed by atoms with Crippen LogP contribution in [0.3, 0.4) is 0 Å². The minimum Gasteiger partial charge on any atom is -0.498 e. The molecular formula is C19H28N2O4. The summed E-state index contributed by atoms with van der Waals surface area (Å²) in [5.41, 5.74) is 0.365. The maximum absolute atomic E-state index is 12.1. The molecule has 6 heteroatoms. The number of alkyl carbamates (subject to hydrolysis) is 1. The first-order chi connectivity index (χ1) is 11.7. The van der Waals surface area contributed by atoms with Gasteiger partial charge in [0.25, 0.3) is 6.09 Å². The highest BCUT2D eigenvalue weighted by molar-refractivity contribution is 5.68. The molecule has 1 unspecified atom stereocenters. The summed E-state index contributed by atoms with van der Waals surface area (Å²) in [4.78, 5) is 24.1. The average Bonchev–Trinajstić information content (AvgIpc) is 2.69. The van der Waals surface area contributed by atoms with Crippen molar-refractivity contribution in [3.05, 3.63) is 35.9 Å². The standard InChI is InChI=1S/C19H28N2O4/c1-19(2,3)25-17(22)20-16-11-7-8-12-21(14-16,18(23)24)13-15-9-5-4-6-10-15/h4-6,9-10,16H,7-8,11-14H2,1-3H3,(H-,20,22,23,24)/t16-,21?/m0/s1. The molecule has 0 bridgehead atoms. The number of quaternary nitrogens is 1. The van der Waals surface area contributed by atoms with Crippen LogP contribution in [0.1, 0.15) is 45.6 Å². The highest BCUT2D eigenvalue weighted by atomic mass is 16.6. The normalized spacial score (nSPS) is 24.2. The minimum atomic E-state index is -1.10. The van der Waals surface area contributed by atoms with Crippen LogP contribution in [-0.2, 0) is 11.3 Å². The highest BCUT2D eigenvalue weighted by Crippen LogP contribution is 2.23. The quantitative estimate of drug-likeness (QED) is 0.851. The molecular weight excluding hydrogens is 320 g/mol. The number of hydrogen-bond acceptors (Lipinski definition) is 4. The second kappa shape index (κ2) is 7.87. The third-order valence-electron chi connectivity index (χ3n) is 4.39. The summed E-state index contributed by atoms with van der Waals surface area (Å²) >= 11 is 0. The lowest BCUT2D eigenvalue weighted by Gasteiger charge is -2.39. The first kappa shape index (κ1) is 19.2. The van der Waals surface area contributed by atoms with Crippen LogP contribution >= 0.6 is 0 Å². The Labute approximate surface area is 149 Å². The predicted octanol–water partition coefficient (Wildman–Crippen LogP) is 2.42. The molecule has 0 aliphatic carbocycles. The Morgan fingerprint density at radius 2 is 1.92 bits per heavy atom. The Bertz CT molecular complexity index is 597. The van der Waals surface area contributed by atoms with E-state index >= 15 is 0 Å². The fourth-order valence-corrected chi connectivity index (χ4v) is 3.31. The summed E-state index contributed by atoms with van der Waals surface area (Å²) in [6, 6.07) is 9.29. The lowest BCUT2D eigenvalue weighted by Crippen LogP contribution is -2.62. The number of carbonyl (C=O) groups is 2. The van der Waals surface area contributed by atoms with E-state index < -0.39 is 17.8 Å². The number of nitrogens with one attached hydrogen (secondary N) is 1. The van der Waals surface area contributed by atoms with Crippen LogP contribution in [0.5, 0.6) is 0 Å². The van der Waals surface area contributed by atoms with Gasteiger partial charge in [-0.25, -0.2) is 4.79 Å². The van der Waals surface area contributed by atoms with Crippen molar-refractivity contribution in [2.45, 2.75) is 58.2 Å². The van der Waals surface area contributed by atoms with Crippen LogP contribution in [-0.4, -0.2) is 41.4 Å². The van der Waals surface area contributed by atoms with E-state index in [1.807, 2.05) is 30.3 Å². The third-order valence-corrected chi connectivity index (χ3v) is 4.39. The van der Waals surface area contributed by atoms with Gasteiger partial charge < -0.3 is 20.0 Å². The second-order valence-electron chi connectivity index (χ2n) is 7.80. The maximum Gasteiger partial charge on any atom is 0.408 e. The Morgan fingerprint density at radius 3 is 2.52 bits per heavy atom. The molecule has 2 amide bonds. The monoisotopic (exact) mass is 348 g/mol. The summed E-state index contributed by atoms with van der Waals surface area (Å²) < 4.78 is 5.13. The van der Waals surface area contributed by atoms with Crippen molar-refractivity contribution < 1.29 is 23.9 Å². The molecule has 2 atom stereocenters. The number of carboxylic acid groups (broad SMARTS) is 1. The molecule has 25 heavy (non-hydrogen) atoms. The zero-order chi connectivity index (χ0) is 18.5. The highest BCUT2D eigenvalue weighted by Gasteiger charge is 2.36. The van der Waals surface area contributed by atoms with E-state index in [1.165, 1.54) is 0 Å². The topological polar surface area (TPSA) is 78.5 Å². The number of benzene rings is 1. The van der Waals surface area contributed by atoms with Gasteiger partial charge in [-0.3, -0.25) is 4.48 Å². The molecule has 1 saturated heterocycles. The molecule has 1 fully saturated rings. The van der Waals surface area contributed by atoms with E-state index in [2.05, 4.69) is 5.32 Å². The molecule has 0 spiro atoms. The Kier molecular flexibility index (Phi) is 6.06. The number of nitrogens with zero attached hydrogens (tertiary/aromatic N) is 1. The van der Waals surface area contributed by atoms with Crippen molar-refractivity contribution in [2.24, 2.45) is 0 Å². The lowest BCUT2D eigenvalue weighted by molar-refractivity contribution is -0.889. The molecule has 1 heterocycles. The van der Waals surface area contributed by atoms with Gasteiger partial charge in [0.2, 0.25) is 0 Å². The van der Waals surface area contributed by atoms with Gasteiger partial charge >= 0.3 is 6.09 Å². The molecule has 1 aliphatic heterocycles. The van der Waals surface area contributed by atoms with E-state index in [-0.39, 0.29) is 10.5 Å². The van der Waals surface area contributed by atoms with E-state index in [0.717, 1.165) is 24.8 Å². The fraction of sp³-hybridized carbons (Fsp3) is 0.579. The van der Waals surface area contributed by atoms with Gasteiger partial charge in [0.05, 0.1) is 12.6 Å². The van der Waals surface area contributed by atoms with Crippen molar-refractivity contribution >= 4 is 12.2 Å². The van der Waals surface area contributed by atoms with Crippen LogP contribution in [0.15, 0.2) is 30.3 Å². The first-order valence-electron chi connectivity index (χ1n) is 8.81. The van der Waals surface area contributed by atoms with Crippen LogP contribution in [0.25, 0.3) is 0 Å². The van der Waals surface area contributed by atoms with Gasteiger partial charge in [0.15, 0.2) is 0 Å². The number of hydrogen-bond donors (Lipinski definition) is 1. The summed E-state index contributed by atoms with van der Waals surface area (Å²) in [5, 5.41) is 14.9. The molecule has 6 nitrogen and oxygen atoms in total. The Hall–Kier alpha value is -2.08. The largest absolute Gasteiger partial charge is 0.498 e. The van der Waals surface area contributed by atoms with Gasteiger partial charge in [0.1, 0.15) is 18.7 Å². The minimum absolute atomic E-state index is 0.176. The zero-order valence-electron chi connectivity index (χ0n) is 15.3. The number of rotatable bonds is 3. The third kappa shape index (κ3) is 5.74. The smallest absolute Gasteiger partial charge is 0.408 e. The van der Waals surface area contributed by atoms with Gasteiger partial charge in [-0.15, -0.1) is 0 Å². The molecule has 2 rings (SSSR count). The number of carbonyl (C=O) groups excluding carboxylic acids is 2. The van der Waals surface area contributed by atoms with Gasteiger partial charge in [-0.2, -0.15) is 0 Å². The van der Waals surface area contributed by atoms with E-state index in [0.29, 0.717) is 19.6 Å². The number of ether oxygens (including phenoxy) is 1. The SMILES string of the molecule is CC(C)(C)OC(=O)N[C@H]1CCCC[N+](Cc2ccccc2)(C(=O)[O-])C1. The van der Waals surface area contributed by atoms with Crippen LogP contribution in [0.4, 0.5) is 9.59 Å². The van der Waals surface area contributed by atoms with Gasteiger partial charge in [-0.05, 0) is 40.0 Å². The molecule has 0 saturated carbocycles. The maximum atomic E-state index is 12.1. The summed E-state index contributed by atoms with van der Waals surface area (Å²) in [7, 11) is 0. The molecule has 0 radical (unpaired) electrons. The van der Waals surface area contributed by atoms with Gasteiger partial charge in [-0.1, -0.05) is 30.3 Å². The lowest BCUT2D eigenvalue weighted by atomic mass is 10.1. The Balaban J connectivity index is 2.13. The first-order valence-corrected chi connectivity index (χ1v) is 8.81. The van der Waals surface area contributed by atoms with Crippen LogP contribution < -0.4 is 10.4 Å². The van der Waals surface area contributed by atoms with Crippen LogP contribution in [0, 0.1) is 0 Å². The number of likely N-dealkylation sites (tertiary alicyclic amines) is 1. The van der Waals surface area contributed by atoms with Crippen LogP contribution in [0.2, 0.25) is 0 Å². The van der Waals surface area contributed by atoms with E-state index in [1.54, 1.807) is 20.8 Å². The molecule has 1 aromatic carbocycles. The van der Waals surface area contributed by atoms with E-state index in [9.17, 15) is 14.7 Å². The fourth-order valence-electron chi connectivity index (χ4n) is 3.31. The van der Waals surface area contributed by atoms with Crippen molar-refractivity contribution in [3.63, 3.8) is 0 Å². The average molecular weight is 348 g/mol.